The summed E-state index contributed by atoms with van der Waals surface area (Å²) in [6.45, 7) is 1.08. The number of nitrogens with two attached hydrogens (primary N) is 1. The SMILES string of the molecule is Cl.NC1CCCC(C(=O)NCCCOc2ccc(Cl)cc2Cl)C1. The number of ether oxygens (including phenoxy) is 1. The smallest absolute Gasteiger partial charge is 0.223 e. The van der Waals surface area contributed by atoms with Gasteiger partial charge in [-0.05, 0) is 43.9 Å². The van der Waals surface area contributed by atoms with E-state index in [1.165, 1.54) is 0 Å². The van der Waals surface area contributed by atoms with Gasteiger partial charge < -0.3 is 15.8 Å². The molecule has 2 atom stereocenters. The minimum Gasteiger partial charge on any atom is -0.492 e. The van der Waals surface area contributed by atoms with Crippen LogP contribution in [-0.4, -0.2) is 25.1 Å². The minimum absolute atomic E-state index is 0. The van der Waals surface area contributed by atoms with E-state index in [1.807, 2.05) is 0 Å². The van der Waals surface area contributed by atoms with Crippen LogP contribution in [-0.2, 0) is 4.79 Å². The van der Waals surface area contributed by atoms with Crippen LogP contribution < -0.4 is 15.8 Å². The molecule has 7 heteroatoms. The van der Waals surface area contributed by atoms with E-state index in [4.69, 9.17) is 33.7 Å². The summed E-state index contributed by atoms with van der Waals surface area (Å²) in [7, 11) is 0. The molecule has 1 aromatic carbocycles. The first-order valence-electron chi connectivity index (χ1n) is 7.67. The molecule has 2 rings (SSSR count). The summed E-state index contributed by atoms with van der Waals surface area (Å²) in [5, 5.41) is 4.03. The third-order valence-electron chi connectivity index (χ3n) is 3.86. The number of halogens is 3. The highest BCUT2D eigenvalue weighted by Crippen LogP contribution is 2.27. The van der Waals surface area contributed by atoms with Gasteiger partial charge in [-0.3, -0.25) is 4.79 Å². The van der Waals surface area contributed by atoms with E-state index < -0.39 is 0 Å². The Morgan fingerprint density at radius 2 is 2.13 bits per heavy atom. The van der Waals surface area contributed by atoms with Crippen molar-refractivity contribution < 1.29 is 9.53 Å². The predicted molar refractivity (Wildman–Crippen MR) is 96.8 cm³/mol. The lowest BCUT2D eigenvalue weighted by Crippen LogP contribution is -2.38. The van der Waals surface area contributed by atoms with Crippen molar-refractivity contribution in [2.45, 2.75) is 38.1 Å². The second-order valence-corrected chi connectivity index (χ2v) is 6.54. The Kier molecular flexibility index (Phi) is 9.07. The summed E-state index contributed by atoms with van der Waals surface area (Å²) in [4.78, 5) is 12.0. The van der Waals surface area contributed by atoms with Gasteiger partial charge >= 0.3 is 0 Å². The fraction of sp³-hybridized carbons (Fsp3) is 0.562. The van der Waals surface area contributed by atoms with Gasteiger partial charge in [0.15, 0.2) is 0 Å². The zero-order valence-corrected chi connectivity index (χ0v) is 15.2. The topological polar surface area (TPSA) is 64.4 Å². The summed E-state index contributed by atoms with van der Waals surface area (Å²) in [5.41, 5.74) is 5.91. The molecule has 0 spiro atoms. The van der Waals surface area contributed by atoms with E-state index in [9.17, 15) is 4.79 Å². The van der Waals surface area contributed by atoms with Gasteiger partial charge in [0.2, 0.25) is 5.91 Å². The number of carbonyl (C=O) groups excluding carboxylic acids is 1. The Morgan fingerprint density at radius 3 is 2.83 bits per heavy atom. The quantitative estimate of drug-likeness (QED) is 0.736. The molecule has 1 saturated carbocycles. The molecule has 4 nitrogen and oxygen atoms in total. The van der Waals surface area contributed by atoms with Crippen LogP contribution in [0.2, 0.25) is 10.0 Å². The van der Waals surface area contributed by atoms with Crippen LogP contribution >= 0.6 is 35.6 Å². The third-order valence-corrected chi connectivity index (χ3v) is 4.39. The van der Waals surface area contributed by atoms with Crippen molar-refractivity contribution in [2.75, 3.05) is 13.2 Å². The minimum atomic E-state index is 0. The lowest BCUT2D eigenvalue weighted by molar-refractivity contribution is -0.126. The maximum atomic E-state index is 12.0. The van der Waals surface area contributed by atoms with Gasteiger partial charge in [-0.1, -0.05) is 29.6 Å². The van der Waals surface area contributed by atoms with Gasteiger partial charge in [0, 0.05) is 23.5 Å². The molecule has 130 valence electrons. The Morgan fingerprint density at radius 1 is 1.35 bits per heavy atom. The lowest BCUT2D eigenvalue weighted by Gasteiger charge is -2.25. The van der Waals surface area contributed by atoms with E-state index in [-0.39, 0.29) is 30.3 Å². The number of rotatable bonds is 6. The van der Waals surface area contributed by atoms with Crippen molar-refractivity contribution in [1.29, 1.82) is 0 Å². The molecule has 0 aromatic heterocycles. The van der Waals surface area contributed by atoms with E-state index in [1.54, 1.807) is 18.2 Å². The van der Waals surface area contributed by atoms with Crippen molar-refractivity contribution in [3.8, 4) is 5.75 Å². The molecule has 2 unspecified atom stereocenters. The zero-order chi connectivity index (χ0) is 15.9. The van der Waals surface area contributed by atoms with Crippen molar-refractivity contribution in [2.24, 2.45) is 11.7 Å². The molecule has 1 fully saturated rings. The Bertz CT molecular complexity index is 514. The highest BCUT2D eigenvalue weighted by molar-refractivity contribution is 6.35. The number of benzene rings is 1. The molecule has 3 N–H and O–H groups in total. The van der Waals surface area contributed by atoms with E-state index in [2.05, 4.69) is 5.32 Å². The fourth-order valence-electron chi connectivity index (χ4n) is 2.67. The summed E-state index contributed by atoms with van der Waals surface area (Å²) in [5.74, 6) is 0.783. The Labute approximate surface area is 153 Å². The van der Waals surface area contributed by atoms with Gasteiger partial charge in [-0.25, -0.2) is 0 Å². The van der Waals surface area contributed by atoms with Crippen molar-refractivity contribution in [1.82, 2.24) is 5.32 Å². The monoisotopic (exact) mass is 380 g/mol. The molecule has 0 bridgehead atoms. The lowest BCUT2D eigenvalue weighted by atomic mass is 9.85. The van der Waals surface area contributed by atoms with Crippen LogP contribution in [0.25, 0.3) is 0 Å². The van der Waals surface area contributed by atoms with E-state index >= 15 is 0 Å². The third kappa shape index (κ3) is 6.76. The van der Waals surface area contributed by atoms with Crippen molar-refractivity contribution in [3.05, 3.63) is 28.2 Å². The Balaban J connectivity index is 0.00000264. The first kappa shape index (κ1) is 20.4. The van der Waals surface area contributed by atoms with E-state index in [0.717, 1.165) is 32.1 Å². The molecule has 0 heterocycles. The first-order valence-corrected chi connectivity index (χ1v) is 8.43. The van der Waals surface area contributed by atoms with Gasteiger partial charge in [0.05, 0.1) is 11.6 Å². The van der Waals surface area contributed by atoms with Crippen LogP contribution in [0.4, 0.5) is 0 Å². The average Bonchev–Trinajstić information content (AvgIpc) is 2.48. The predicted octanol–water partition coefficient (Wildman–Crippen LogP) is 3.82. The standard InChI is InChI=1S/C16H22Cl2N2O2.ClH/c17-12-5-6-15(14(18)10-12)22-8-2-7-20-16(21)11-3-1-4-13(19)9-11;/h5-6,10-11,13H,1-4,7-9,19H2,(H,20,21);1H. The van der Waals surface area contributed by atoms with Crippen LogP contribution in [0.1, 0.15) is 32.1 Å². The molecule has 23 heavy (non-hydrogen) atoms. The van der Waals surface area contributed by atoms with Gasteiger partial charge in [0.25, 0.3) is 0 Å². The molecule has 1 aliphatic rings. The second-order valence-electron chi connectivity index (χ2n) is 5.69. The average molecular weight is 382 g/mol. The van der Waals surface area contributed by atoms with Gasteiger partial charge in [0.1, 0.15) is 5.75 Å². The summed E-state index contributed by atoms with van der Waals surface area (Å²) in [6, 6.07) is 5.29. The molecule has 0 saturated heterocycles. The molecule has 1 aliphatic carbocycles. The number of hydrogen-bond donors (Lipinski definition) is 2. The van der Waals surface area contributed by atoms with Crippen LogP contribution in [0.5, 0.6) is 5.75 Å². The zero-order valence-electron chi connectivity index (χ0n) is 12.9. The number of carbonyl (C=O) groups is 1. The highest BCUT2D eigenvalue weighted by Gasteiger charge is 2.24. The maximum Gasteiger partial charge on any atom is 0.223 e. The second kappa shape index (κ2) is 10.2. The van der Waals surface area contributed by atoms with Crippen molar-refractivity contribution in [3.63, 3.8) is 0 Å². The largest absolute Gasteiger partial charge is 0.492 e. The number of nitrogens with one attached hydrogen (secondary N) is 1. The Hall–Kier alpha value is -0.680. The van der Waals surface area contributed by atoms with Crippen LogP contribution in [0.15, 0.2) is 18.2 Å². The molecule has 1 aromatic rings. The molecule has 0 radical (unpaired) electrons. The fourth-order valence-corrected chi connectivity index (χ4v) is 3.13. The van der Waals surface area contributed by atoms with Crippen molar-refractivity contribution >= 4 is 41.5 Å². The maximum absolute atomic E-state index is 12.0. The summed E-state index contributed by atoms with van der Waals surface area (Å²) < 4.78 is 5.57. The molecular formula is C16H23Cl3N2O2. The number of hydrogen-bond acceptors (Lipinski definition) is 3. The number of amides is 1. The van der Waals surface area contributed by atoms with Gasteiger partial charge in [-0.2, -0.15) is 0 Å². The normalized spacial score (nSPS) is 20.5. The molecule has 0 aliphatic heterocycles. The van der Waals surface area contributed by atoms with E-state index in [0.29, 0.717) is 28.9 Å². The highest BCUT2D eigenvalue weighted by atomic mass is 35.5. The molecular weight excluding hydrogens is 359 g/mol. The van der Waals surface area contributed by atoms with Crippen LogP contribution in [0.3, 0.4) is 0 Å². The van der Waals surface area contributed by atoms with Gasteiger partial charge in [-0.15, -0.1) is 12.4 Å². The summed E-state index contributed by atoms with van der Waals surface area (Å²) >= 11 is 11.8. The first-order chi connectivity index (χ1) is 10.6. The molecule has 1 amide bonds. The summed E-state index contributed by atoms with van der Waals surface area (Å²) in [6.07, 6.45) is 4.53. The van der Waals surface area contributed by atoms with Crippen LogP contribution in [0, 0.1) is 5.92 Å².